The zero-order valence-corrected chi connectivity index (χ0v) is 11.0. The van der Waals surface area contributed by atoms with E-state index in [4.69, 9.17) is 0 Å². The molecule has 0 bridgehead atoms. The minimum Gasteiger partial charge on any atom is -0.350 e. The van der Waals surface area contributed by atoms with E-state index in [2.05, 4.69) is 5.32 Å². The molecule has 0 unspecified atom stereocenters. The number of hydrogen-bond donors (Lipinski definition) is 1. The Kier molecular flexibility index (Phi) is 4.76. The Hall–Kier alpha value is -1.07. The van der Waals surface area contributed by atoms with Crippen LogP contribution in [0.1, 0.15) is 17.4 Å². The van der Waals surface area contributed by atoms with Crippen molar-refractivity contribution in [3.05, 3.63) is 26.8 Å². The van der Waals surface area contributed by atoms with Gasteiger partial charge in [-0.25, -0.2) is 0 Å². The lowest BCUT2D eigenvalue weighted by atomic mass is 10.2. The summed E-state index contributed by atoms with van der Waals surface area (Å²) >= 11 is 2.48. The van der Waals surface area contributed by atoms with Crippen molar-refractivity contribution in [3.63, 3.8) is 0 Å². The molecule has 0 aliphatic carbocycles. The first-order valence-electron chi connectivity index (χ1n) is 4.71. The van der Waals surface area contributed by atoms with Gasteiger partial charge < -0.3 is 5.32 Å². The van der Waals surface area contributed by atoms with E-state index < -0.39 is 0 Å². The third-order valence-electron chi connectivity index (χ3n) is 1.92. The van der Waals surface area contributed by atoms with Crippen LogP contribution in [-0.2, 0) is 4.79 Å². The van der Waals surface area contributed by atoms with Crippen LogP contribution in [0.5, 0.6) is 0 Å². The lowest BCUT2D eigenvalue weighted by Gasteiger charge is -2.01. The second-order valence-corrected chi connectivity index (χ2v) is 5.13. The molecule has 0 spiro atoms. The maximum absolute atomic E-state index is 11.4. The molecule has 5 heteroatoms. The average Bonchev–Trinajstić information content (AvgIpc) is 2.63. The van der Waals surface area contributed by atoms with E-state index in [1.54, 1.807) is 24.5 Å². The van der Waals surface area contributed by atoms with Crippen molar-refractivity contribution in [1.29, 1.82) is 0 Å². The summed E-state index contributed by atoms with van der Waals surface area (Å²) in [4.78, 5) is 24.0. The molecule has 16 heavy (non-hydrogen) atoms. The third-order valence-corrected chi connectivity index (χ3v) is 3.90. The Bertz CT molecular complexity index is 435. The molecule has 1 amide bonds. The van der Waals surface area contributed by atoms with E-state index in [1.807, 2.05) is 18.4 Å². The summed E-state index contributed by atoms with van der Waals surface area (Å²) in [6.45, 7) is 3.44. The van der Waals surface area contributed by atoms with Gasteiger partial charge in [0, 0.05) is 11.9 Å². The fraction of sp³-hybridized carbons (Fsp3) is 0.273. The van der Waals surface area contributed by atoms with E-state index >= 15 is 0 Å². The normalized spacial score (nSPS) is 11.3. The standard InChI is InChI=1S/C11H13NO2S2/c1-7-4-5-15-9(7)6-10(8(2)13)16-11(14)12-3/h4-6H,1-3H3,(H,12,14)/b10-6-. The first-order valence-corrected chi connectivity index (χ1v) is 6.40. The van der Waals surface area contributed by atoms with Gasteiger partial charge in [0.25, 0.3) is 5.24 Å². The van der Waals surface area contributed by atoms with Crippen LogP contribution >= 0.6 is 23.1 Å². The van der Waals surface area contributed by atoms with Gasteiger partial charge in [-0.1, -0.05) is 0 Å². The zero-order valence-electron chi connectivity index (χ0n) is 9.37. The van der Waals surface area contributed by atoms with Crippen molar-refractivity contribution in [2.24, 2.45) is 0 Å². The zero-order chi connectivity index (χ0) is 12.1. The van der Waals surface area contributed by atoms with Gasteiger partial charge in [0.05, 0.1) is 4.91 Å². The molecule has 0 aromatic carbocycles. The molecule has 0 fully saturated rings. The van der Waals surface area contributed by atoms with Gasteiger partial charge in [0.2, 0.25) is 0 Å². The summed E-state index contributed by atoms with van der Waals surface area (Å²) in [5, 5.41) is 4.21. The maximum Gasteiger partial charge on any atom is 0.283 e. The summed E-state index contributed by atoms with van der Waals surface area (Å²) < 4.78 is 0. The Morgan fingerprint density at radius 3 is 2.62 bits per heavy atom. The van der Waals surface area contributed by atoms with Crippen molar-refractivity contribution >= 4 is 40.2 Å². The second kappa shape index (κ2) is 5.86. The van der Waals surface area contributed by atoms with Crippen LogP contribution in [0.25, 0.3) is 6.08 Å². The van der Waals surface area contributed by atoms with E-state index in [1.165, 1.54) is 6.92 Å². The van der Waals surface area contributed by atoms with Crippen LogP contribution in [-0.4, -0.2) is 18.1 Å². The van der Waals surface area contributed by atoms with Crippen LogP contribution in [0, 0.1) is 6.92 Å². The molecule has 0 radical (unpaired) electrons. The summed E-state index contributed by atoms with van der Waals surface area (Å²) in [6.07, 6.45) is 1.77. The predicted octanol–water partition coefficient (Wildman–Crippen LogP) is 3.06. The molecule has 0 atom stereocenters. The van der Waals surface area contributed by atoms with E-state index in [9.17, 15) is 9.59 Å². The molecule has 0 aliphatic heterocycles. The predicted molar refractivity (Wildman–Crippen MR) is 69.8 cm³/mol. The van der Waals surface area contributed by atoms with Gasteiger partial charge >= 0.3 is 0 Å². The molecule has 1 N–H and O–H groups in total. The molecule has 0 saturated carbocycles. The van der Waals surface area contributed by atoms with Crippen molar-refractivity contribution in [2.45, 2.75) is 13.8 Å². The number of aryl methyl sites for hydroxylation is 1. The van der Waals surface area contributed by atoms with Crippen LogP contribution in [0.2, 0.25) is 0 Å². The van der Waals surface area contributed by atoms with Crippen LogP contribution < -0.4 is 5.32 Å². The minimum absolute atomic E-state index is 0.0959. The van der Waals surface area contributed by atoms with Crippen LogP contribution in [0.3, 0.4) is 0 Å². The monoisotopic (exact) mass is 255 g/mol. The highest BCUT2D eigenvalue weighted by molar-refractivity contribution is 8.17. The summed E-state index contributed by atoms with van der Waals surface area (Å²) in [6, 6.07) is 1.98. The molecule has 1 heterocycles. The largest absolute Gasteiger partial charge is 0.350 e. The molecule has 3 nitrogen and oxygen atoms in total. The van der Waals surface area contributed by atoms with Gasteiger partial charge in [-0.05, 0) is 48.7 Å². The number of thioether (sulfide) groups is 1. The van der Waals surface area contributed by atoms with Crippen molar-refractivity contribution in [1.82, 2.24) is 5.32 Å². The number of nitrogens with one attached hydrogen (secondary N) is 1. The molecule has 1 rings (SSSR count). The van der Waals surface area contributed by atoms with Crippen LogP contribution in [0.15, 0.2) is 16.4 Å². The number of Topliss-reactive ketones (excluding diaryl/α,β-unsaturated/α-hetero) is 1. The number of carbonyl (C=O) groups excluding carboxylic acids is 2. The Morgan fingerprint density at radius 2 is 2.19 bits per heavy atom. The lowest BCUT2D eigenvalue weighted by Crippen LogP contribution is -2.12. The van der Waals surface area contributed by atoms with Crippen molar-refractivity contribution in [2.75, 3.05) is 7.05 Å². The molecule has 0 aliphatic rings. The van der Waals surface area contributed by atoms with Crippen molar-refractivity contribution in [3.8, 4) is 0 Å². The Labute approximate surface area is 103 Å². The van der Waals surface area contributed by atoms with Gasteiger partial charge in [-0.15, -0.1) is 11.3 Å². The number of allylic oxidation sites excluding steroid dienone is 1. The van der Waals surface area contributed by atoms with E-state index in [-0.39, 0.29) is 11.0 Å². The summed E-state index contributed by atoms with van der Waals surface area (Å²) in [5.74, 6) is -0.0959. The molecule has 0 saturated heterocycles. The SMILES string of the molecule is CNC(=O)S/C(=C\c1sccc1C)C(C)=O. The number of ketones is 1. The van der Waals surface area contributed by atoms with Crippen LogP contribution in [0.4, 0.5) is 4.79 Å². The summed E-state index contributed by atoms with van der Waals surface area (Å²) in [5.41, 5.74) is 1.11. The third kappa shape index (κ3) is 3.50. The molecular weight excluding hydrogens is 242 g/mol. The highest BCUT2D eigenvalue weighted by atomic mass is 32.2. The topological polar surface area (TPSA) is 46.2 Å². The highest BCUT2D eigenvalue weighted by Gasteiger charge is 2.11. The second-order valence-electron chi connectivity index (χ2n) is 3.17. The highest BCUT2D eigenvalue weighted by Crippen LogP contribution is 2.25. The fourth-order valence-corrected chi connectivity index (χ4v) is 2.56. The molecule has 1 aromatic rings. The smallest absolute Gasteiger partial charge is 0.283 e. The Balaban J connectivity index is 2.94. The molecular formula is C11H13NO2S2. The number of rotatable bonds is 3. The quantitative estimate of drug-likeness (QED) is 0.844. The first-order chi connectivity index (χ1) is 7.54. The molecule has 86 valence electrons. The number of thiophene rings is 1. The number of amides is 1. The minimum atomic E-state index is -0.226. The van der Waals surface area contributed by atoms with Gasteiger partial charge in [-0.3, -0.25) is 9.59 Å². The fourth-order valence-electron chi connectivity index (χ4n) is 1.01. The first kappa shape index (κ1) is 13.0. The van der Waals surface area contributed by atoms with Gasteiger partial charge in [-0.2, -0.15) is 0 Å². The van der Waals surface area contributed by atoms with Gasteiger partial charge in [0.1, 0.15) is 0 Å². The van der Waals surface area contributed by atoms with Crippen molar-refractivity contribution < 1.29 is 9.59 Å². The Morgan fingerprint density at radius 1 is 1.50 bits per heavy atom. The lowest BCUT2D eigenvalue weighted by molar-refractivity contribution is -0.112. The number of carbonyl (C=O) groups is 2. The molecule has 1 aromatic heterocycles. The summed E-state index contributed by atoms with van der Waals surface area (Å²) in [7, 11) is 1.55. The average molecular weight is 255 g/mol. The van der Waals surface area contributed by atoms with E-state index in [0.29, 0.717) is 4.91 Å². The maximum atomic E-state index is 11.4. The number of hydrogen-bond acceptors (Lipinski definition) is 4. The van der Waals surface area contributed by atoms with E-state index in [0.717, 1.165) is 22.2 Å². The van der Waals surface area contributed by atoms with Gasteiger partial charge in [0.15, 0.2) is 5.78 Å².